The lowest BCUT2D eigenvalue weighted by Gasteiger charge is -2.29. The summed E-state index contributed by atoms with van der Waals surface area (Å²) in [6, 6.07) is 41.1. The molecule has 2 unspecified atom stereocenters. The normalized spacial score (nSPS) is 17.5. The van der Waals surface area contributed by atoms with Crippen LogP contribution in [0.5, 0.6) is 0 Å². The summed E-state index contributed by atoms with van der Waals surface area (Å²) in [7, 11) is 0. The maximum absolute atomic E-state index is 6.34. The third-order valence-corrected chi connectivity index (χ3v) is 8.83. The average molecular weight is 566 g/mol. The second kappa shape index (κ2) is 9.92. The number of anilines is 1. The van der Waals surface area contributed by atoms with E-state index in [0.717, 1.165) is 61.1 Å². The molecule has 2 aliphatic rings. The number of furan rings is 1. The summed E-state index contributed by atoms with van der Waals surface area (Å²) in [6.07, 6.45) is 12.4. The van der Waals surface area contributed by atoms with E-state index in [1.807, 2.05) is 18.5 Å². The zero-order valence-electron chi connectivity index (χ0n) is 23.8. The fraction of sp³-hybridized carbons (Fsp3) is 0.0500. The number of aromatic nitrogens is 1. The van der Waals surface area contributed by atoms with Gasteiger partial charge in [-0.15, -0.1) is 0 Å². The Bertz CT molecular complexity index is 2290. The van der Waals surface area contributed by atoms with Crippen molar-refractivity contribution in [2.24, 2.45) is 4.99 Å². The van der Waals surface area contributed by atoms with Crippen LogP contribution in [0, 0.1) is 0 Å². The number of rotatable bonds is 4. The van der Waals surface area contributed by atoms with E-state index in [-0.39, 0.29) is 12.1 Å². The van der Waals surface area contributed by atoms with E-state index in [1.54, 1.807) is 0 Å². The second-order valence-corrected chi connectivity index (χ2v) is 11.4. The zero-order chi connectivity index (χ0) is 29.0. The van der Waals surface area contributed by atoms with Crippen LogP contribution in [0.15, 0.2) is 161 Å². The topological polar surface area (TPSA) is 41.6 Å². The van der Waals surface area contributed by atoms with Crippen molar-refractivity contribution in [3.05, 3.63) is 158 Å². The van der Waals surface area contributed by atoms with Crippen LogP contribution in [0.4, 0.5) is 5.69 Å². The van der Waals surface area contributed by atoms with E-state index in [2.05, 4.69) is 143 Å². The number of allylic oxidation sites excluding steroid dienone is 2. The lowest BCUT2D eigenvalue weighted by molar-refractivity contribution is 0.669. The molecule has 7 aromatic rings. The van der Waals surface area contributed by atoms with Gasteiger partial charge in [-0.2, -0.15) is 0 Å². The van der Waals surface area contributed by atoms with Gasteiger partial charge in [-0.3, -0.25) is 9.98 Å². The predicted molar refractivity (Wildman–Crippen MR) is 181 cm³/mol. The maximum Gasteiger partial charge on any atom is 0.136 e. The molecule has 0 amide bonds. The largest absolute Gasteiger partial charge is 0.456 e. The number of aliphatic imine (C=N–C) groups is 1. The summed E-state index contributed by atoms with van der Waals surface area (Å²) < 4.78 is 6.34. The van der Waals surface area contributed by atoms with Gasteiger partial charge in [0, 0.05) is 39.8 Å². The summed E-state index contributed by atoms with van der Waals surface area (Å²) in [5.74, 6) is 1.01. The molecule has 0 radical (unpaired) electrons. The van der Waals surface area contributed by atoms with Gasteiger partial charge in [0.2, 0.25) is 0 Å². The van der Waals surface area contributed by atoms with Crippen LogP contribution in [0.2, 0.25) is 0 Å². The molecule has 0 fully saturated rings. The number of pyridine rings is 1. The molecule has 4 nitrogen and oxygen atoms in total. The van der Waals surface area contributed by atoms with E-state index < -0.39 is 0 Å². The molecule has 2 atom stereocenters. The molecule has 1 aliphatic carbocycles. The Labute approximate surface area is 254 Å². The minimum atomic E-state index is 0.111. The molecule has 208 valence electrons. The van der Waals surface area contributed by atoms with Gasteiger partial charge in [0.15, 0.2) is 0 Å². The van der Waals surface area contributed by atoms with Gasteiger partial charge in [0.1, 0.15) is 17.0 Å². The van der Waals surface area contributed by atoms with Crippen molar-refractivity contribution in [3.8, 4) is 22.3 Å². The van der Waals surface area contributed by atoms with Crippen molar-refractivity contribution in [2.45, 2.75) is 12.1 Å². The first-order valence-corrected chi connectivity index (χ1v) is 15.0. The van der Waals surface area contributed by atoms with Crippen molar-refractivity contribution in [2.75, 3.05) is 4.90 Å². The number of nitrogens with zero attached hydrogens (tertiary/aromatic N) is 3. The van der Waals surface area contributed by atoms with E-state index >= 15 is 0 Å². The van der Waals surface area contributed by atoms with Gasteiger partial charge in [-0.1, -0.05) is 97.1 Å². The fourth-order valence-corrected chi connectivity index (χ4v) is 6.69. The molecule has 5 aromatic carbocycles. The summed E-state index contributed by atoms with van der Waals surface area (Å²) in [5, 5.41) is 4.56. The number of hydrogen-bond acceptors (Lipinski definition) is 4. The molecule has 44 heavy (non-hydrogen) atoms. The molecule has 0 saturated carbocycles. The molecule has 0 spiro atoms. The fourth-order valence-electron chi connectivity index (χ4n) is 6.69. The van der Waals surface area contributed by atoms with E-state index in [1.165, 1.54) is 10.9 Å². The van der Waals surface area contributed by atoms with Gasteiger partial charge in [-0.25, -0.2) is 0 Å². The Kier molecular flexibility index (Phi) is 5.60. The quantitative estimate of drug-likeness (QED) is 0.213. The maximum atomic E-state index is 6.34. The molecule has 2 aromatic heterocycles. The van der Waals surface area contributed by atoms with Crippen molar-refractivity contribution >= 4 is 44.2 Å². The molecule has 4 heteroatoms. The Hall–Kier alpha value is -5.74. The van der Waals surface area contributed by atoms with Gasteiger partial charge in [-0.05, 0) is 70.1 Å². The molecular weight excluding hydrogens is 538 g/mol. The summed E-state index contributed by atoms with van der Waals surface area (Å²) >= 11 is 0. The lowest BCUT2D eigenvalue weighted by Crippen LogP contribution is -2.39. The zero-order valence-corrected chi connectivity index (χ0v) is 23.8. The summed E-state index contributed by atoms with van der Waals surface area (Å²) in [4.78, 5) is 11.8. The van der Waals surface area contributed by atoms with E-state index in [0.29, 0.717) is 0 Å². The lowest BCUT2D eigenvalue weighted by atomic mass is 9.96. The minimum Gasteiger partial charge on any atom is -0.456 e. The monoisotopic (exact) mass is 565 g/mol. The highest BCUT2D eigenvalue weighted by molar-refractivity contribution is 6.14. The minimum absolute atomic E-state index is 0.111. The predicted octanol–water partition coefficient (Wildman–Crippen LogP) is 9.60. The Morgan fingerprint density at radius 1 is 0.614 bits per heavy atom. The first-order valence-electron chi connectivity index (χ1n) is 15.0. The summed E-state index contributed by atoms with van der Waals surface area (Å²) in [5.41, 5.74) is 8.69. The van der Waals surface area contributed by atoms with Gasteiger partial charge in [0.25, 0.3) is 0 Å². The van der Waals surface area contributed by atoms with Crippen LogP contribution in [0.25, 0.3) is 55.0 Å². The third kappa shape index (κ3) is 3.99. The van der Waals surface area contributed by atoms with Crippen molar-refractivity contribution in [1.29, 1.82) is 0 Å². The molecule has 9 rings (SSSR count). The molecular formula is C40H27N3O. The smallest absolute Gasteiger partial charge is 0.136 e. The average Bonchev–Trinajstić information content (AvgIpc) is 3.67. The molecule has 0 N–H and O–H groups in total. The highest BCUT2D eigenvalue weighted by Gasteiger charge is 2.35. The Morgan fingerprint density at radius 3 is 2.36 bits per heavy atom. The molecule has 0 saturated heterocycles. The molecule has 3 heterocycles. The Balaban J connectivity index is 1.11. The van der Waals surface area contributed by atoms with Crippen LogP contribution in [0.3, 0.4) is 0 Å². The third-order valence-electron chi connectivity index (χ3n) is 8.83. The van der Waals surface area contributed by atoms with Gasteiger partial charge >= 0.3 is 0 Å². The van der Waals surface area contributed by atoms with E-state index in [4.69, 9.17) is 9.41 Å². The van der Waals surface area contributed by atoms with Crippen LogP contribution in [-0.4, -0.2) is 22.9 Å². The number of fused-ring (bicyclic) bond motifs is 5. The van der Waals surface area contributed by atoms with Gasteiger partial charge < -0.3 is 9.32 Å². The molecule has 1 aliphatic heterocycles. The standard InChI is InChI=1S/C40H27N3O/c1-2-7-27(8-3-1)40-42-35-10-4-5-11-36(35)43(40)32-18-15-26(16-19-32)28-17-20-37-34(24-28)39-33(9-6-12-38(39)44-37)30-13-14-31-25-41-22-21-29(31)23-30/h1-25,35-36H. The first kappa shape index (κ1) is 24.8. The highest BCUT2D eigenvalue weighted by atomic mass is 16.3. The van der Waals surface area contributed by atoms with Crippen LogP contribution < -0.4 is 4.90 Å². The first-order chi connectivity index (χ1) is 21.8. The SMILES string of the molecule is C1=CC2N=C(c3ccccc3)N(c3ccc(-c4ccc5oc6cccc(-c7ccc8cnccc8c7)c6c5c4)cc3)C2C=C1. The van der Waals surface area contributed by atoms with Crippen LogP contribution in [0.1, 0.15) is 5.56 Å². The number of benzene rings is 5. The Morgan fingerprint density at radius 2 is 1.45 bits per heavy atom. The number of hydrogen-bond donors (Lipinski definition) is 0. The van der Waals surface area contributed by atoms with Crippen LogP contribution in [-0.2, 0) is 0 Å². The molecule has 0 bridgehead atoms. The van der Waals surface area contributed by atoms with E-state index in [9.17, 15) is 0 Å². The number of amidine groups is 1. The van der Waals surface area contributed by atoms with Crippen LogP contribution >= 0.6 is 0 Å². The second-order valence-electron chi connectivity index (χ2n) is 11.4. The van der Waals surface area contributed by atoms with Crippen molar-refractivity contribution < 1.29 is 4.42 Å². The van der Waals surface area contributed by atoms with Gasteiger partial charge in [0.05, 0.1) is 12.1 Å². The van der Waals surface area contributed by atoms with Crippen molar-refractivity contribution in [1.82, 2.24) is 4.98 Å². The highest BCUT2D eigenvalue weighted by Crippen LogP contribution is 2.40. The summed E-state index contributed by atoms with van der Waals surface area (Å²) in [6.45, 7) is 0. The van der Waals surface area contributed by atoms with Crippen molar-refractivity contribution in [3.63, 3.8) is 0 Å².